The van der Waals surface area contributed by atoms with E-state index < -0.39 is 11.7 Å². The van der Waals surface area contributed by atoms with Gasteiger partial charge in [0.2, 0.25) is 0 Å². The number of H-pyrrole nitrogens is 1. The van der Waals surface area contributed by atoms with E-state index in [1.165, 1.54) is 12.4 Å². The van der Waals surface area contributed by atoms with Gasteiger partial charge in [-0.05, 0) is 42.5 Å². The zero-order valence-corrected chi connectivity index (χ0v) is 9.33. The molecule has 2 aromatic rings. The van der Waals surface area contributed by atoms with Crippen LogP contribution in [0.2, 0.25) is 0 Å². The third kappa shape index (κ3) is 2.10. The third-order valence-corrected chi connectivity index (χ3v) is 3.00. The lowest BCUT2D eigenvalue weighted by Crippen LogP contribution is -2.06. The molecular weight excluding hydrogens is 243 g/mol. The number of alkyl halides is 3. The zero-order valence-electron chi connectivity index (χ0n) is 9.33. The van der Waals surface area contributed by atoms with Gasteiger partial charge in [-0.1, -0.05) is 0 Å². The topological polar surface area (TPSA) is 41.6 Å². The maximum Gasteiger partial charge on any atom is 0.416 e. The summed E-state index contributed by atoms with van der Waals surface area (Å²) in [4.78, 5) is 3.90. The highest BCUT2D eigenvalue weighted by molar-refractivity contribution is 5.58. The molecule has 1 aliphatic rings. The number of hydrogen-bond acceptors (Lipinski definition) is 2. The lowest BCUT2D eigenvalue weighted by molar-refractivity contribution is -0.137. The number of nitrogens with one attached hydrogen (secondary N) is 1. The summed E-state index contributed by atoms with van der Waals surface area (Å²) in [7, 11) is 0. The second-order valence-corrected chi connectivity index (χ2v) is 4.44. The van der Waals surface area contributed by atoms with Gasteiger partial charge in [-0.15, -0.1) is 0 Å². The van der Waals surface area contributed by atoms with Crippen molar-refractivity contribution in [2.24, 2.45) is 0 Å². The fourth-order valence-electron chi connectivity index (χ4n) is 1.94. The number of aromatic amines is 1. The number of nitrogens with zero attached hydrogens (tertiary/aromatic N) is 2. The molecule has 1 aromatic heterocycles. The highest BCUT2D eigenvalue weighted by Crippen LogP contribution is 2.43. The molecule has 0 amide bonds. The molecule has 0 atom stereocenters. The molecule has 1 fully saturated rings. The normalized spacial score (nSPS) is 15.9. The Morgan fingerprint density at radius 2 is 1.94 bits per heavy atom. The summed E-state index contributed by atoms with van der Waals surface area (Å²) in [6.07, 6.45) is -1.08. The fourth-order valence-corrected chi connectivity index (χ4v) is 1.94. The van der Waals surface area contributed by atoms with Crippen LogP contribution in [0, 0.1) is 0 Å². The quantitative estimate of drug-likeness (QED) is 0.891. The molecule has 0 saturated heterocycles. The minimum Gasteiger partial charge on any atom is -0.265 e. The number of halogens is 3. The van der Waals surface area contributed by atoms with Crippen molar-refractivity contribution in [1.29, 1.82) is 0 Å². The summed E-state index contributed by atoms with van der Waals surface area (Å²) >= 11 is 0. The molecule has 0 bridgehead atoms. The first-order valence-corrected chi connectivity index (χ1v) is 5.62. The SMILES string of the molecule is FC(F)(F)c1cc(-c2nc[nH]n2)cc(C2CC2)c1. The highest BCUT2D eigenvalue weighted by Gasteiger charge is 2.33. The molecule has 94 valence electrons. The van der Waals surface area contributed by atoms with Crippen LogP contribution in [0.15, 0.2) is 24.5 Å². The molecule has 1 heterocycles. The van der Waals surface area contributed by atoms with Gasteiger partial charge in [-0.2, -0.15) is 18.3 Å². The Morgan fingerprint density at radius 1 is 1.17 bits per heavy atom. The van der Waals surface area contributed by atoms with E-state index in [-0.39, 0.29) is 5.92 Å². The first kappa shape index (κ1) is 11.3. The Balaban J connectivity index is 2.11. The van der Waals surface area contributed by atoms with E-state index >= 15 is 0 Å². The molecule has 0 radical (unpaired) electrons. The van der Waals surface area contributed by atoms with Crippen LogP contribution in [0.5, 0.6) is 0 Å². The van der Waals surface area contributed by atoms with Gasteiger partial charge in [0.1, 0.15) is 6.33 Å². The molecule has 0 spiro atoms. The summed E-state index contributed by atoms with van der Waals surface area (Å²) in [5.74, 6) is 0.549. The first-order valence-electron chi connectivity index (χ1n) is 5.62. The van der Waals surface area contributed by atoms with Gasteiger partial charge in [-0.3, -0.25) is 5.10 Å². The predicted octanol–water partition coefficient (Wildman–Crippen LogP) is 3.37. The van der Waals surface area contributed by atoms with Crippen molar-refractivity contribution in [2.75, 3.05) is 0 Å². The molecule has 0 aliphatic heterocycles. The average Bonchev–Trinajstić information content (AvgIpc) is 3.03. The number of rotatable bonds is 2. The van der Waals surface area contributed by atoms with Gasteiger partial charge in [0.25, 0.3) is 0 Å². The van der Waals surface area contributed by atoms with Crippen molar-refractivity contribution in [3.05, 3.63) is 35.7 Å². The van der Waals surface area contributed by atoms with Crippen LogP contribution in [0.1, 0.15) is 29.9 Å². The molecule has 0 unspecified atom stereocenters. The Hall–Kier alpha value is -1.85. The van der Waals surface area contributed by atoms with Crippen molar-refractivity contribution in [2.45, 2.75) is 24.9 Å². The van der Waals surface area contributed by atoms with Gasteiger partial charge < -0.3 is 0 Å². The van der Waals surface area contributed by atoms with Crippen molar-refractivity contribution >= 4 is 0 Å². The minimum absolute atomic E-state index is 0.255. The zero-order chi connectivity index (χ0) is 12.8. The van der Waals surface area contributed by atoms with Crippen LogP contribution in [0.3, 0.4) is 0 Å². The van der Waals surface area contributed by atoms with Crippen LogP contribution in [-0.4, -0.2) is 15.2 Å². The molecule has 18 heavy (non-hydrogen) atoms. The van der Waals surface area contributed by atoms with Gasteiger partial charge in [-0.25, -0.2) is 4.98 Å². The lowest BCUT2D eigenvalue weighted by atomic mass is 10.0. The summed E-state index contributed by atoms with van der Waals surface area (Å²) in [5.41, 5.74) is 0.504. The Kier molecular flexibility index (Phi) is 2.39. The maximum atomic E-state index is 12.8. The third-order valence-electron chi connectivity index (χ3n) is 3.00. The Morgan fingerprint density at radius 3 is 2.50 bits per heavy atom. The van der Waals surface area contributed by atoms with Crippen LogP contribution in [0.4, 0.5) is 13.2 Å². The van der Waals surface area contributed by atoms with E-state index in [0.29, 0.717) is 11.4 Å². The number of hydrogen-bond donors (Lipinski definition) is 1. The van der Waals surface area contributed by atoms with E-state index in [4.69, 9.17) is 0 Å². The summed E-state index contributed by atoms with van der Waals surface area (Å²) in [5, 5.41) is 6.34. The van der Waals surface area contributed by atoms with Crippen LogP contribution < -0.4 is 0 Å². The summed E-state index contributed by atoms with van der Waals surface area (Å²) in [6, 6.07) is 4.07. The second kappa shape index (κ2) is 3.83. The van der Waals surface area contributed by atoms with Gasteiger partial charge >= 0.3 is 6.18 Å². The van der Waals surface area contributed by atoms with Crippen molar-refractivity contribution in [3.8, 4) is 11.4 Å². The second-order valence-electron chi connectivity index (χ2n) is 4.44. The molecule has 1 N–H and O–H groups in total. The molecule has 6 heteroatoms. The Labute approximate surface area is 101 Å². The standard InChI is InChI=1S/C12H10F3N3/c13-12(14,15)10-4-8(7-1-2-7)3-9(5-10)11-16-6-17-18-11/h3-7H,1-2H2,(H,16,17,18). The molecule has 3 rings (SSSR count). The van der Waals surface area contributed by atoms with Crippen LogP contribution in [-0.2, 0) is 6.18 Å². The maximum absolute atomic E-state index is 12.8. The van der Waals surface area contributed by atoms with E-state index in [9.17, 15) is 13.2 Å². The average molecular weight is 253 g/mol. The predicted molar refractivity (Wildman–Crippen MR) is 58.8 cm³/mol. The van der Waals surface area contributed by atoms with Crippen molar-refractivity contribution in [3.63, 3.8) is 0 Å². The van der Waals surface area contributed by atoms with Crippen LogP contribution in [0.25, 0.3) is 11.4 Å². The van der Waals surface area contributed by atoms with Crippen LogP contribution >= 0.6 is 0 Å². The lowest BCUT2D eigenvalue weighted by Gasteiger charge is -2.10. The summed E-state index contributed by atoms with van der Waals surface area (Å²) in [6.45, 7) is 0. The van der Waals surface area contributed by atoms with E-state index in [0.717, 1.165) is 24.5 Å². The number of aromatic nitrogens is 3. The van der Waals surface area contributed by atoms with Gasteiger partial charge in [0, 0.05) is 5.56 Å². The number of benzene rings is 1. The largest absolute Gasteiger partial charge is 0.416 e. The van der Waals surface area contributed by atoms with E-state index in [1.54, 1.807) is 6.07 Å². The van der Waals surface area contributed by atoms with Gasteiger partial charge in [0.05, 0.1) is 5.56 Å². The molecule has 3 nitrogen and oxygen atoms in total. The molecule has 1 aromatic carbocycles. The van der Waals surface area contributed by atoms with Crippen molar-refractivity contribution in [1.82, 2.24) is 15.2 Å². The van der Waals surface area contributed by atoms with Crippen molar-refractivity contribution < 1.29 is 13.2 Å². The molecule has 1 saturated carbocycles. The Bertz CT molecular complexity index is 556. The summed E-state index contributed by atoms with van der Waals surface area (Å²) < 4.78 is 38.5. The smallest absolute Gasteiger partial charge is 0.265 e. The van der Waals surface area contributed by atoms with Gasteiger partial charge in [0.15, 0.2) is 5.82 Å². The molecule has 1 aliphatic carbocycles. The first-order chi connectivity index (χ1) is 8.54. The monoisotopic (exact) mass is 253 g/mol. The molecular formula is C12H10F3N3. The minimum atomic E-state index is -4.34. The highest BCUT2D eigenvalue weighted by atomic mass is 19.4. The van der Waals surface area contributed by atoms with E-state index in [1.807, 2.05) is 0 Å². The fraction of sp³-hybridized carbons (Fsp3) is 0.333. The van der Waals surface area contributed by atoms with E-state index in [2.05, 4.69) is 15.2 Å².